The molecule has 0 heterocycles. The van der Waals surface area contributed by atoms with Crippen molar-refractivity contribution in [3.05, 3.63) is 0 Å². The average molecular weight is 222 g/mol. The van der Waals surface area contributed by atoms with Gasteiger partial charge in [0.05, 0.1) is 0 Å². The Morgan fingerprint density at radius 1 is 1.29 bits per heavy atom. The molecule has 0 unspecified atom stereocenters. The quantitative estimate of drug-likeness (QED) is 0.243. The highest BCUT2D eigenvalue weighted by molar-refractivity contribution is 7.80. The highest BCUT2D eigenvalue weighted by Crippen LogP contribution is 2.00. The molecule has 5 nitrogen and oxygen atoms in total. The van der Waals surface area contributed by atoms with Crippen molar-refractivity contribution in [3.63, 3.8) is 0 Å². The first-order chi connectivity index (χ1) is 6.56. The zero-order chi connectivity index (χ0) is 10.9. The molecule has 0 aliphatic rings. The average Bonchev–Trinajstić information content (AvgIpc) is 2.08. The van der Waals surface area contributed by atoms with E-state index in [-0.39, 0.29) is 0 Å². The summed E-state index contributed by atoms with van der Waals surface area (Å²) >= 11 is 0. The molecule has 0 fully saturated rings. The number of hydrogen-bond donors (Lipinski definition) is 1. The Bertz CT molecular complexity index is 285. The fraction of sp³-hybridized carbons (Fsp3) is 0.750. The van der Waals surface area contributed by atoms with E-state index in [1.807, 2.05) is 6.11 Å². The van der Waals surface area contributed by atoms with Gasteiger partial charge >= 0.3 is 10.4 Å². The molecule has 0 saturated heterocycles. The molecule has 0 aromatic carbocycles. The lowest BCUT2D eigenvalue weighted by atomic mass is 10.2. The van der Waals surface area contributed by atoms with Gasteiger partial charge in [-0.3, -0.25) is 9.44 Å². The lowest BCUT2D eigenvalue weighted by Gasteiger charge is -1.92. The van der Waals surface area contributed by atoms with Crippen molar-refractivity contribution in [2.45, 2.75) is 39.0 Å². The molecular weight excluding hydrogens is 208 g/mol. The summed E-state index contributed by atoms with van der Waals surface area (Å²) in [6.07, 6.45) is 6.96. The van der Waals surface area contributed by atoms with Gasteiger partial charge in [0.15, 0.2) is 6.11 Å². The van der Waals surface area contributed by atoms with Gasteiger partial charge in [0.2, 0.25) is 0 Å². The fourth-order valence-corrected chi connectivity index (χ4v) is 0.901. The first-order valence-corrected chi connectivity index (χ1v) is 5.73. The zero-order valence-corrected chi connectivity index (χ0v) is 8.84. The molecule has 14 heavy (non-hydrogen) atoms. The van der Waals surface area contributed by atoms with Crippen LogP contribution in [0, 0.1) is 12.0 Å². The van der Waals surface area contributed by atoms with Gasteiger partial charge in [-0.15, -0.1) is 0 Å². The van der Waals surface area contributed by atoms with E-state index in [1.165, 1.54) is 0 Å². The summed E-state index contributed by atoms with van der Waals surface area (Å²) in [5.41, 5.74) is 0. The molecule has 1 N–H and O–H groups in total. The second-order valence-corrected chi connectivity index (χ2v) is 3.66. The first kappa shape index (κ1) is 13.2. The van der Waals surface area contributed by atoms with E-state index < -0.39 is 10.4 Å². The zero-order valence-electron chi connectivity index (χ0n) is 8.02. The van der Waals surface area contributed by atoms with Crippen LogP contribution in [0.4, 0.5) is 0 Å². The van der Waals surface area contributed by atoms with Gasteiger partial charge < -0.3 is 0 Å². The van der Waals surface area contributed by atoms with Crippen LogP contribution in [0.3, 0.4) is 0 Å². The molecule has 0 saturated carbocycles. The maximum absolute atomic E-state index is 9.95. The van der Waals surface area contributed by atoms with Crippen LogP contribution in [0.2, 0.25) is 0 Å². The Kier molecular flexibility index (Phi) is 7.20. The minimum Gasteiger partial charge on any atom is -0.264 e. The van der Waals surface area contributed by atoms with Gasteiger partial charge in [0, 0.05) is 6.42 Å². The molecule has 82 valence electrons. The van der Waals surface area contributed by atoms with Crippen molar-refractivity contribution in [3.8, 4) is 12.0 Å². The molecular formula is C8H14O5S. The largest absolute Gasteiger partial charge is 0.433 e. The summed E-state index contributed by atoms with van der Waals surface area (Å²) in [6, 6.07) is 0. The molecule has 0 aliphatic heterocycles. The minimum absolute atomic E-state index is 0.620. The molecule has 0 aromatic heterocycles. The minimum atomic E-state index is -4.55. The second-order valence-electron chi connectivity index (χ2n) is 2.67. The molecule has 6 heteroatoms. The SMILES string of the molecule is CCCCCCC#COOS(=O)(=O)O. The predicted octanol–water partition coefficient (Wildman–Crippen LogP) is 1.67. The summed E-state index contributed by atoms with van der Waals surface area (Å²) in [5, 5.41) is 0. The standard InChI is InChI=1S/C8H14O5S/c1-2-3-4-5-6-7-8-12-13-14(9,10)11/h2-6H2,1H3,(H,9,10,11). The van der Waals surface area contributed by atoms with Crippen LogP contribution in [-0.2, 0) is 19.6 Å². The summed E-state index contributed by atoms with van der Waals surface area (Å²) < 4.78 is 31.5. The van der Waals surface area contributed by atoms with E-state index in [2.05, 4.69) is 22.1 Å². The van der Waals surface area contributed by atoms with Crippen molar-refractivity contribution in [2.75, 3.05) is 0 Å². The molecule has 0 spiro atoms. The van der Waals surface area contributed by atoms with Crippen LogP contribution in [0.5, 0.6) is 0 Å². The number of unbranched alkanes of at least 4 members (excludes halogenated alkanes) is 4. The summed E-state index contributed by atoms with van der Waals surface area (Å²) in [5.74, 6) is 2.54. The van der Waals surface area contributed by atoms with Crippen molar-refractivity contribution in [1.29, 1.82) is 0 Å². The normalized spacial score (nSPS) is 10.4. The smallest absolute Gasteiger partial charge is 0.264 e. The van der Waals surface area contributed by atoms with E-state index in [4.69, 9.17) is 4.55 Å². The van der Waals surface area contributed by atoms with Crippen LogP contribution in [0.25, 0.3) is 0 Å². The molecule has 0 atom stereocenters. The third-order valence-corrected chi connectivity index (χ3v) is 1.63. The van der Waals surface area contributed by atoms with Crippen LogP contribution in [0.15, 0.2) is 0 Å². The monoisotopic (exact) mass is 222 g/mol. The van der Waals surface area contributed by atoms with Crippen LogP contribution >= 0.6 is 0 Å². The van der Waals surface area contributed by atoms with Gasteiger partial charge in [-0.2, -0.15) is 8.42 Å². The molecule has 0 amide bonds. The van der Waals surface area contributed by atoms with Gasteiger partial charge in [0.1, 0.15) is 0 Å². The van der Waals surface area contributed by atoms with Crippen molar-refractivity contribution < 1.29 is 22.2 Å². The molecule has 0 bridgehead atoms. The molecule has 0 radical (unpaired) electrons. The third-order valence-electron chi connectivity index (χ3n) is 1.39. The Labute approximate surface area is 84.3 Å². The van der Waals surface area contributed by atoms with Crippen LogP contribution < -0.4 is 0 Å². The summed E-state index contributed by atoms with van der Waals surface area (Å²) in [4.78, 5) is 3.91. The first-order valence-electron chi connectivity index (χ1n) is 4.36. The maximum Gasteiger partial charge on any atom is 0.433 e. The van der Waals surface area contributed by atoms with Crippen molar-refractivity contribution in [1.82, 2.24) is 0 Å². The highest BCUT2D eigenvalue weighted by Gasteiger charge is 2.03. The predicted molar refractivity (Wildman–Crippen MR) is 50.3 cm³/mol. The van der Waals surface area contributed by atoms with E-state index in [9.17, 15) is 8.42 Å². The van der Waals surface area contributed by atoms with E-state index in [1.54, 1.807) is 0 Å². The van der Waals surface area contributed by atoms with Gasteiger partial charge in [-0.1, -0.05) is 32.1 Å². The van der Waals surface area contributed by atoms with Gasteiger partial charge in [-0.25, -0.2) is 0 Å². The highest BCUT2D eigenvalue weighted by atomic mass is 32.3. The van der Waals surface area contributed by atoms with Gasteiger partial charge in [-0.05, 0) is 10.8 Å². The molecule has 0 aliphatic carbocycles. The topological polar surface area (TPSA) is 72.8 Å². The summed E-state index contributed by atoms with van der Waals surface area (Å²) in [7, 11) is -4.55. The van der Waals surface area contributed by atoms with E-state index >= 15 is 0 Å². The maximum atomic E-state index is 9.95. The Balaban J connectivity index is 3.36. The fourth-order valence-electron chi connectivity index (χ4n) is 0.781. The Morgan fingerprint density at radius 2 is 2.00 bits per heavy atom. The van der Waals surface area contributed by atoms with Crippen LogP contribution in [-0.4, -0.2) is 13.0 Å². The molecule has 0 aromatic rings. The Hall–Kier alpha value is -0.770. The van der Waals surface area contributed by atoms with Crippen molar-refractivity contribution in [2.24, 2.45) is 0 Å². The molecule has 0 rings (SSSR count). The lowest BCUT2D eigenvalue weighted by Crippen LogP contribution is -2.01. The van der Waals surface area contributed by atoms with E-state index in [0.29, 0.717) is 6.42 Å². The lowest BCUT2D eigenvalue weighted by molar-refractivity contribution is -0.135. The van der Waals surface area contributed by atoms with Crippen LogP contribution in [0.1, 0.15) is 39.0 Å². The summed E-state index contributed by atoms with van der Waals surface area (Å²) in [6.45, 7) is 2.11. The number of rotatable bonds is 6. The van der Waals surface area contributed by atoms with E-state index in [0.717, 1.165) is 25.7 Å². The van der Waals surface area contributed by atoms with Crippen molar-refractivity contribution >= 4 is 10.4 Å². The third kappa shape index (κ3) is 11.2. The Morgan fingerprint density at radius 3 is 2.57 bits per heavy atom. The van der Waals surface area contributed by atoms with Gasteiger partial charge in [0.25, 0.3) is 0 Å². The number of hydrogen-bond acceptors (Lipinski definition) is 4. The second kappa shape index (κ2) is 7.62.